The van der Waals surface area contributed by atoms with Crippen LogP contribution in [0.15, 0.2) is 18.2 Å². The minimum absolute atomic E-state index is 0.197. The third-order valence-electron chi connectivity index (χ3n) is 3.29. The first-order chi connectivity index (χ1) is 9.20. The number of nitrogens with zero attached hydrogens (tertiary/aromatic N) is 2. The first-order valence-corrected chi connectivity index (χ1v) is 5.84. The zero-order valence-electron chi connectivity index (χ0n) is 10.5. The fourth-order valence-corrected chi connectivity index (χ4v) is 2.27. The largest absolute Gasteiger partial charge is 0.471 e. The number of carbonyl (C=O) groups excluding carboxylic acids is 1. The summed E-state index contributed by atoms with van der Waals surface area (Å²) in [6.45, 7) is 1.25. The molecular formula is C12H11F3N2O3. The van der Waals surface area contributed by atoms with E-state index in [2.05, 4.69) is 0 Å². The van der Waals surface area contributed by atoms with Gasteiger partial charge >= 0.3 is 12.1 Å². The number of non-ortho nitro benzene ring substituents is 1. The van der Waals surface area contributed by atoms with Crippen molar-refractivity contribution in [2.24, 2.45) is 0 Å². The molecule has 1 atom stereocenters. The van der Waals surface area contributed by atoms with Crippen LogP contribution in [0.25, 0.3) is 0 Å². The third-order valence-corrected chi connectivity index (χ3v) is 3.29. The number of halogens is 3. The van der Waals surface area contributed by atoms with E-state index >= 15 is 0 Å². The van der Waals surface area contributed by atoms with Gasteiger partial charge in [0.1, 0.15) is 0 Å². The Morgan fingerprint density at radius 2 is 2.05 bits per heavy atom. The molecule has 8 heteroatoms. The van der Waals surface area contributed by atoms with Crippen LogP contribution in [-0.4, -0.2) is 27.9 Å². The van der Waals surface area contributed by atoms with E-state index < -0.39 is 23.0 Å². The Balaban J connectivity index is 2.33. The molecule has 1 aliphatic rings. The van der Waals surface area contributed by atoms with Gasteiger partial charge in [-0.15, -0.1) is 0 Å². The quantitative estimate of drug-likeness (QED) is 0.589. The van der Waals surface area contributed by atoms with E-state index in [0.717, 1.165) is 5.56 Å². The number of nitro benzene ring substituents is 1. The van der Waals surface area contributed by atoms with Crippen molar-refractivity contribution in [2.75, 3.05) is 0 Å². The van der Waals surface area contributed by atoms with Crippen LogP contribution in [0.2, 0.25) is 0 Å². The number of amides is 1. The van der Waals surface area contributed by atoms with Crippen LogP contribution in [0, 0.1) is 10.1 Å². The van der Waals surface area contributed by atoms with Crippen molar-refractivity contribution in [1.82, 2.24) is 4.90 Å². The van der Waals surface area contributed by atoms with E-state index in [1.165, 1.54) is 25.1 Å². The van der Waals surface area contributed by atoms with Gasteiger partial charge in [0.2, 0.25) is 0 Å². The third kappa shape index (κ3) is 2.59. The van der Waals surface area contributed by atoms with Crippen LogP contribution in [0.4, 0.5) is 18.9 Å². The van der Waals surface area contributed by atoms with Gasteiger partial charge in [0.15, 0.2) is 0 Å². The zero-order valence-corrected chi connectivity index (χ0v) is 10.5. The summed E-state index contributed by atoms with van der Waals surface area (Å²) in [4.78, 5) is 22.1. The minimum Gasteiger partial charge on any atom is -0.328 e. The Hall–Kier alpha value is -2.12. The smallest absolute Gasteiger partial charge is 0.328 e. The Kier molecular flexibility index (Phi) is 3.41. The molecule has 0 bridgehead atoms. The lowest BCUT2D eigenvalue weighted by Crippen LogP contribution is -2.48. The molecule has 20 heavy (non-hydrogen) atoms. The number of hydrogen-bond donors (Lipinski definition) is 0. The SMILES string of the molecule is CC1Cc2ccc([N+](=O)[O-])cc2CN1C(=O)C(F)(F)F. The van der Waals surface area contributed by atoms with Crippen molar-refractivity contribution in [3.8, 4) is 0 Å². The van der Waals surface area contributed by atoms with Crippen LogP contribution in [0.1, 0.15) is 18.1 Å². The van der Waals surface area contributed by atoms with Crippen molar-refractivity contribution < 1.29 is 22.9 Å². The lowest BCUT2D eigenvalue weighted by atomic mass is 9.94. The topological polar surface area (TPSA) is 63.5 Å². The molecule has 0 fully saturated rings. The van der Waals surface area contributed by atoms with Gasteiger partial charge in [0.05, 0.1) is 4.92 Å². The minimum atomic E-state index is -4.94. The fraction of sp³-hybridized carbons (Fsp3) is 0.417. The maximum Gasteiger partial charge on any atom is 0.471 e. The van der Waals surface area contributed by atoms with E-state index in [-0.39, 0.29) is 18.7 Å². The summed E-state index contributed by atoms with van der Waals surface area (Å²) in [5.74, 6) is -1.91. The predicted octanol–water partition coefficient (Wildman–Crippen LogP) is 2.43. The number of nitro groups is 1. The second-order valence-corrected chi connectivity index (χ2v) is 4.69. The van der Waals surface area contributed by atoms with Crippen LogP contribution in [0.3, 0.4) is 0 Å². The van der Waals surface area contributed by atoms with Gasteiger partial charge in [-0.3, -0.25) is 14.9 Å². The number of alkyl halides is 3. The Labute approximate surface area is 112 Å². The highest BCUT2D eigenvalue weighted by atomic mass is 19.4. The summed E-state index contributed by atoms with van der Waals surface area (Å²) in [5.41, 5.74) is 0.918. The summed E-state index contributed by atoms with van der Waals surface area (Å²) in [6.07, 6.45) is -4.69. The normalized spacial score (nSPS) is 18.6. The van der Waals surface area contributed by atoms with Crippen LogP contribution >= 0.6 is 0 Å². The highest BCUT2D eigenvalue weighted by Gasteiger charge is 2.45. The molecule has 0 spiro atoms. The molecule has 0 N–H and O–H groups in total. The first kappa shape index (κ1) is 14.3. The molecule has 1 aromatic rings. The van der Waals surface area contributed by atoms with Crippen molar-refractivity contribution in [2.45, 2.75) is 32.1 Å². The molecule has 0 saturated carbocycles. The van der Waals surface area contributed by atoms with Gasteiger partial charge in [-0.2, -0.15) is 13.2 Å². The van der Waals surface area contributed by atoms with Crippen LogP contribution in [0.5, 0.6) is 0 Å². The van der Waals surface area contributed by atoms with Crippen molar-refractivity contribution >= 4 is 11.6 Å². The Morgan fingerprint density at radius 3 is 2.60 bits per heavy atom. The molecule has 0 saturated heterocycles. The van der Waals surface area contributed by atoms with E-state index in [1.54, 1.807) is 0 Å². The first-order valence-electron chi connectivity index (χ1n) is 5.84. The van der Waals surface area contributed by atoms with Crippen molar-refractivity contribution in [1.29, 1.82) is 0 Å². The molecule has 2 rings (SSSR count). The molecule has 0 aliphatic carbocycles. The molecule has 1 amide bonds. The number of benzene rings is 1. The summed E-state index contributed by atoms with van der Waals surface area (Å²) in [5, 5.41) is 10.7. The van der Waals surface area contributed by atoms with E-state index in [0.29, 0.717) is 10.5 Å². The summed E-state index contributed by atoms with van der Waals surface area (Å²) < 4.78 is 37.5. The molecular weight excluding hydrogens is 277 g/mol. The van der Waals surface area contributed by atoms with E-state index in [9.17, 15) is 28.1 Å². The van der Waals surface area contributed by atoms with Crippen LogP contribution < -0.4 is 0 Å². The molecule has 1 aromatic carbocycles. The van der Waals surface area contributed by atoms with Crippen LogP contribution in [-0.2, 0) is 17.8 Å². The van der Waals surface area contributed by atoms with Crippen molar-refractivity contribution in [3.05, 3.63) is 39.4 Å². The predicted molar refractivity (Wildman–Crippen MR) is 62.9 cm³/mol. The monoisotopic (exact) mass is 288 g/mol. The molecule has 5 nitrogen and oxygen atoms in total. The fourth-order valence-electron chi connectivity index (χ4n) is 2.27. The molecule has 1 aliphatic heterocycles. The highest BCUT2D eigenvalue weighted by molar-refractivity contribution is 5.82. The summed E-state index contributed by atoms with van der Waals surface area (Å²) in [6, 6.07) is 3.46. The molecule has 1 heterocycles. The molecule has 108 valence electrons. The maximum absolute atomic E-state index is 12.5. The van der Waals surface area contributed by atoms with E-state index in [1.807, 2.05) is 0 Å². The molecule has 1 unspecified atom stereocenters. The summed E-state index contributed by atoms with van der Waals surface area (Å²) >= 11 is 0. The lowest BCUT2D eigenvalue weighted by molar-refractivity contribution is -0.385. The van der Waals surface area contributed by atoms with Gasteiger partial charge in [-0.25, -0.2) is 0 Å². The van der Waals surface area contributed by atoms with E-state index in [4.69, 9.17) is 0 Å². The number of hydrogen-bond acceptors (Lipinski definition) is 3. The Morgan fingerprint density at radius 1 is 1.40 bits per heavy atom. The second-order valence-electron chi connectivity index (χ2n) is 4.69. The maximum atomic E-state index is 12.5. The number of rotatable bonds is 1. The van der Waals surface area contributed by atoms with Gasteiger partial charge in [0, 0.05) is 24.7 Å². The van der Waals surface area contributed by atoms with Gasteiger partial charge < -0.3 is 4.90 Å². The van der Waals surface area contributed by atoms with Gasteiger partial charge in [-0.05, 0) is 24.5 Å². The Bertz CT molecular complexity index is 572. The second kappa shape index (κ2) is 4.77. The summed E-state index contributed by atoms with van der Waals surface area (Å²) in [7, 11) is 0. The van der Waals surface area contributed by atoms with Gasteiger partial charge in [0.25, 0.3) is 5.69 Å². The molecule has 0 radical (unpaired) electrons. The number of fused-ring (bicyclic) bond motifs is 1. The standard InChI is InChI=1S/C12H11F3N2O3/c1-7-4-8-2-3-10(17(19)20)5-9(8)6-16(7)11(18)12(13,14)15/h2-3,5,7H,4,6H2,1H3. The zero-order chi connectivity index (χ0) is 15.1. The van der Waals surface area contributed by atoms with Gasteiger partial charge in [-0.1, -0.05) is 6.07 Å². The molecule has 0 aromatic heterocycles. The number of carbonyl (C=O) groups is 1. The average molecular weight is 288 g/mol. The highest BCUT2D eigenvalue weighted by Crippen LogP contribution is 2.30. The average Bonchev–Trinajstić information content (AvgIpc) is 2.35. The van der Waals surface area contributed by atoms with Crippen molar-refractivity contribution in [3.63, 3.8) is 0 Å². The lowest BCUT2D eigenvalue weighted by Gasteiger charge is -2.35.